The Morgan fingerprint density at radius 2 is 1.88 bits per heavy atom. The summed E-state index contributed by atoms with van der Waals surface area (Å²) in [6.45, 7) is 4.26. The number of carbonyl (C=O) groups excluding carboxylic acids is 1. The summed E-state index contributed by atoms with van der Waals surface area (Å²) < 4.78 is 2.19. The number of hydrogen-bond acceptors (Lipinski definition) is 3. The zero-order valence-corrected chi connectivity index (χ0v) is 19.8. The molecule has 5 nitrogen and oxygen atoms in total. The Morgan fingerprint density at radius 3 is 2.64 bits per heavy atom. The van der Waals surface area contributed by atoms with Crippen molar-refractivity contribution in [2.75, 3.05) is 5.32 Å². The van der Waals surface area contributed by atoms with E-state index in [9.17, 15) is 4.79 Å². The first-order valence-corrected chi connectivity index (χ1v) is 12.1. The van der Waals surface area contributed by atoms with Crippen molar-refractivity contribution in [1.29, 1.82) is 0 Å². The number of carbonyl (C=O) groups is 1. The normalized spacial score (nSPS) is 11.2. The van der Waals surface area contributed by atoms with Crippen molar-refractivity contribution in [3.63, 3.8) is 0 Å². The maximum Gasteiger partial charge on any atom is 0.258 e. The largest absolute Gasteiger partial charge is 0.345 e. The maximum absolute atomic E-state index is 13.1. The summed E-state index contributed by atoms with van der Waals surface area (Å²) in [4.78, 5) is 21.5. The molecular formula is C27H26N4OS. The van der Waals surface area contributed by atoms with E-state index < -0.39 is 0 Å². The van der Waals surface area contributed by atoms with Crippen molar-refractivity contribution in [3.8, 4) is 22.6 Å². The highest BCUT2D eigenvalue weighted by Gasteiger charge is 2.19. The van der Waals surface area contributed by atoms with Gasteiger partial charge in [-0.15, -0.1) is 11.3 Å². The van der Waals surface area contributed by atoms with Gasteiger partial charge in [0.25, 0.3) is 5.91 Å². The van der Waals surface area contributed by atoms with Gasteiger partial charge in [-0.25, -0.2) is 4.98 Å². The van der Waals surface area contributed by atoms with Gasteiger partial charge in [0.05, 0.1) is 21.8 Å². The van der Waals surface area contributed by atoms with E-state index in [1.54, 1.807) is 11.3 Å². The number of aryl methyl sites for hydroxylation is 1. The first-order chi connectivity index (χ1) is 16.1. The number of amides is 1. The topological polar surface area (TPSA) is 62.7 Å². The van der Waals surface area contributed by atoms with Gasteiger partial charge >= 0.3 is 0 Å². The van der Waals surface area contributed by atoms with Gasteiger partial charge in [0.1, 0.15) is 5.52 Å². The van der Waals surface area contributed by atoms with E-state index in [0.717, 1.165) is 40.4 Å². The van der Waals surface area contributed by atoms with Gasteiger partial charge in [-0.05, 0) is 53.6 Å². The summed E-state index contributed by atoms with van der Waals surface area (Å²) in [7, 11) is 2.07. The Hall–Kier alpha value is -3.64. The summed E-state index contributed by atoms with van der Waals surface area (Å²) in [6.07, 6.45) is 1.79. The lowest BCUT2D eigenvalue weighted by Crippen LogP contribution is -2.12. The molecule has 166 valence electrons. The van der Waals surface area contributed by atoms with Gasteiger partial charge in [0.15, 0.2) is 5.82 Å². The number of aromatic amines is 1. The van der Waals surface area contributed by atoms with Crippen LogP contribution < -0.4 is 5.32 Å². The lowest BCUT2D eigenvalue weighted by atomic mass is 10.0. The summed E-state index contributed by atoms with van der Waals surface area (Å²) in [5.41, 5.74) is 7.89. The van der Waals surface area contributed by atoms with Crippen molar-refractivity contribution >= 4 is 33.3 Å². The number of aromatic nitrogens is 3. The first kappa shape index (κ1) is 21.2. The molecule has 33 heavy (non-hydrogen) atoms. The molecule has 6 heteroatoms. The summed E-state index contributed by atoms with van der Waals surface area (Å²) >= 11 is 1.55. The quantitative estimate of drug-likeness (QED) is 0.301. The maximum atomic E-state index is 13.1. The second-order valence-corrected chi connectivity index (χ2v) is 8.95. The van der Waals surface area contributed by atoms with Gasteiger partial charge in [-0.1, -0.05) is 50.2 Å². The Labute approximate surface area is 197 Å². The van der Waals surface area contributed by atoms with Crippen LogP contribution in [0.2, 0.25) is 0 Å². The molecule has 5 rings (SSSR count). The van der Waals surface area contributed by atoms with Crippen LogP contribution in [0.4, 0.5) is 5.00 Å². The Kier molecular flexibility index (Phi) is 5.60. The minimum absolute atomic E-state index is 0.137. The molecule has 0 spiro atoms. The molecule has 0 radical (unpaired) electrons. The van der Waals surface area contributed by atoms with Crippen molar-refractivity contribution in [3.05, 3.63) is 82.9 Å². The van der Waals surface area contributed by atoms with Crippen LogP contribution in [-0.4, -0.2) is 20.4 Å². The number of imidazole rings is 1. The predicted octanol–water partition coefficient (Wildman–Crippen LogP) is 6.67. The van der Waals surface area contributed by atoms with Crippen LogP contribution in [0, 0.1) is 0 Å². The molecule has 0 saturated heterocycles. The van der Waals surface area contributed by atoms with Gasteiger partial charge in [-0.2, -0.15) is 0 Å². The molecule has 0 aliphatic rings. The van der Waals surface area contributed by atoms with E-state index >= 15 is 0 Å². The van der Waals surface area contributed by atoms with Crippen LogP contribution in [0.15, 0.2) is 66.0 Å². The third-order valence-corrected chi connectivity index (χ3v) is 7.00. The van der Waals surface area contributed by atoms with Crippen molar-refractivity contribution in [2.24, 2.45) is 7.05 Å². The van der Waals surface area contributed by atoms with Crippen LogP contribution in [-0.2, 0) is 19.9 Å². The SMILES string of the molecule is CCc1ccsc1NC(=O)c1cccc2[nH]c(-c3cc(-c4ccccc4)c(CC)n3C)nc12. The zero-order valence-electron chi connectivity index (χ0n) is 19.0. The lowest BCUT2D eigenvalue weighted by molar-refractivity contribution is 0.102. The molecule has 3 aromatic heterocycles. The van der Waals surface area contributed by atoms with Gasteiger partial charge in [0.2, 0.25) is 0 Å². The lowest BCUT2D eigenvalue weighted by Gasteiger charge is -2.06. The minimum atomic E-state index is -0.137. The average Bonchev–Trinajstić information content (AvgIpc) is 3.55. The van der Waals surface area contributed by atoms with Gasteiger partial charge in [0, 0.05) is 18.3 Å². The number of fused-ring (bicyclic) bond motifs is 1. The van der Waals surface area contributed by atoms with E-state index in [4.69, 9.17) is 4.98 Å². The van der Waals surface area contributed by atoms with E-state index in [-0.39, 0.29) is 5.91 Å². The molecular weight excluding hydrogens is 428 g/mol. The number of thiophene rings is 1. The standard InChI is InChI=1S/C27H26N4OS/c1-4-17-14-15-33-27(17)30-26(32)19-12-9-13-21-24(19)29-25(28-21)23-16-20(22(5-2)31(23)3)18-10-7-6-8-11-18/h6-16H,4-5H2,1-3H3,(H,28,29)(H,30,32). The fourth-order valence-corrected chi connectivity index (χ4v) is 5.28. The fourth-order valence-electron chi connectivity index (χ4n) is 4.40. The summed E-state index contributed by atoms with van der Waals surface area (Å²) in [5.74, 6) is 0.622. The second kappa shape index (κ2) is 8.71. The van der Waals surface area contributed by atoms with Crippen LogP contribution in [0.3, 0.4) is 0 Å². The van der Waals surface area contributed by atoms with Crippen LogP contribution >= 0.6 is 11.3 Å². The Balaban J connectivity index is 1.56. The molecule has 1 amide bonds. The number of nitrogens with zero attached hydrogens (tertiary/aromatic N) is 2. The second-order valence-electron chi connectivity index (χ2n) is 8.04. The number of hydrogen-bond donors (Lipinski definition) is 2. The Bertz CT molecular complexity index is 1440. The highest BCUT2D eigenvalue weighted by atomic mass is 32.1. The molecule has 3 heterocycles. The number of nitrogens with one attached hydrogen (secondary N) is 2. The molecule has 0 unspecified atom stereocenters. The monoisotopic (exact) mass is 454 g/mol. The molecule has 2 aromatic carbocycles. The van der Waals surface area contributed by atoms with E-state index in [1.165, 1.54) is 16.8 Å². The number of H-pyrrole nitrogens is 1. The average molecular weight is 455 g/mol. The van der Waals surface area contributed by atoms with Crippen molar-refractivity contribution < 1.29 is 4.79 Å². The highest BCUT2D eigenvalue weighted by Crippen LogP contribution is 2.33. The van der Waals surface area contributed by atoms with Crippen molar-refractivity contribution in [2.45, 2.75) is 26.7 Å². The number of benzene rings is 2. The molecule has 0 aliphatic heterocycles. The van der Waals surface area contributed by atoms with Crippen molar-refractivity contribution in [1.82, 2.24) is 14.5 Å². The molecule has 0 atom stereocenters. The number of para-hydroxylation sites is 1. The Morgan fingerprint density at radius 1 is 1.06 bits per heavy atom. The van der Waals surface area contributed by atoms with Crippen LogP contribution in [0.1, 0.15) is 35.5 Å². The third-order valence-electron chi connectivity index (χ3n) is 6.13. The van der Waals surface area contributed by atoms with Crippen LogP contribution in [0.5, 0.6) is 0 Å². The van der Waals surface area contributed by atoms with Gasteiger partial charge < -0.3 is 14.9 Å². The van der Waals surface area contributed by atoms with E-state index in [1.807, 2.05) is 29.6 Å². The van der Waals surface area contributed by atoms with Crippen LogP contribution in [0.25, 0.3) is 33.7 Å². The zero-order chi connectivity index (χ0) is 22.9. The van der Waals surface area contributed by atoms with E-state index in [0.29, 0.717) is 11.1 Å². The van der Waals surface area contributed by atoms with E-state index in [2.05, 4.69) is 72.2 Å². The molecule has 5 aromatic rings. The number of anilines is 1. The molecule has 0 bridgehead atoms. The molecule has 0 aliphatic carbocycles. The predicted molar refractivity (Wildman–Crippen MR) is 137 cm³/mol. The third kappa shape index (κ3) is 3.76. The fraction of sp³-hybridized carbons (Fsp3) is 0.185. The summed E-state index contributed by atoms with van der Waals surface area (Å²) in [6, 6.07) is 20.4. The summed E-state index contributed by atoms with van der Waals surface area (Å²) in [5, 5.41) is 5.98. The highest BCUT2D eigenvalue weighted by molar-refractivity contribution is 7.14. The minimum Gasteiger partial charge on any atom is -0.345 e. The first-order valence-electron chi connectivity index (χ1n) is 11.2. The van der Waals surface area contributed by atoms with Gasteiger partial charge in [-0.3, -0.25) is 4.79 Å². The molecule has 0 saturated carbocycles. The number of rotatable bonds is 6. The molecule has 2 N–H and O–H groups in total. The molecule has 0 fully saturated rings. The smallest absolute Gasteiger partial charge is 0.258 e.